The molecule has 1 fully saturated rings. The van der Waals surface area contributed by atoms with E-state index in [0.717, 1.165) is 57.9 Å². The molecule has 136 valence electrons. The summed E-state index contributed by atoms with van der Waals surface area (Å²) in [6.07, 6.45) is 1.60. The molecule has 0 bridgehead atoms. The Balaban J connectivity index is 1.20. The van der Waals surface area contributed by atoms with Gasteiger partial charge in [-0.3, -0.25) is 9.69 Å². The molecule has 2 aromatic carbocycles. The molecule has 0 saturated carbocycles. The summed E-state index contributed by atoms with van der Waals surface area (Å²) in [5.41, 5.74) is 3.68. The van der Waals surface area contributed by atoms with Crippen molar-refractivity contribution in [1.82, 2.24) is 9.80 Å². The molecule has 1 amide bonds. The van der Waals surface area contributed by atoms with Gasteiger partial charge in [0.1, 0.15) is 0 Å². The van der Waals surface area contributed by atoms with Crippen LogP contribution in [0.5, 0.6) is 0 Å². The highest BCUT2D eigenvalue weighted by Gasteiger charge is 2.26. The van der Waals surface area contributed by atoms with Crippen LogP contribution in [0.3, 0.4) is 0 Å². The second-order valence-electron chi connectivity index (χ2n) is 7.31. The quantitative estimate of drug-likeness (QED) is 0.802. The van der Waals surface area contributed by atoms with Crippen molar-refractivity contribution >= 4 is 11.6 Å². The Kier molecular flexibility index (Phi) is 5.32. The van der Waals surface area contributed by atoms with Gasteiger partial charge >= 0.3 is 0 Å². The predicted molar refractivity (Wildman–Crippen MR) is 105 cm³/mol. The zero-order valence-corrected chi connectivity index (χ0v) is 15.3. The maximum atomic E-state index is 12.2. The number of nitrogens with zero attached hydrogens (tertiary/aromatic N) is 3. The van der Waals surface area contributed by atoms with Crippen LogP contribution < -0.4 is 4.90 Å². The fourth-order valence-corrected chi connectivity index (χ4v) is 4.03. The molecule has 1 saturated heterocycles. The molecular formula is C22H27N3O. The van der Waals surface area contributed by atoms with E-state index in [-0.39, 0.29) is 5.91 Å². The number of para-hydroxylation sites is 1. The minimum Gasteiger partial charge on any atom is -0.312 e. The van der Waals surface area contributed by atoms with Gasteiger partial charge in [0.2, 0.25) is 5.91 Å². The molecule has 2 aliphatic rings. The zero-order chi connectivity index (χ0) is 17.8. The van der Waals surface area contributed by atoms with E-state index in [4.69, 9.17) is 0 Å². The van der Waals surface area contributed by atoms with E-state index in [9.17, 15) is 4.79 Å². The summed E-state index contributed by atoms with van der Waals surface area (Å²) in [6, 6.07) is 18.9. The van der Waals surface area contributed by atoms with Crippen molar-refractivity contribution in [2.45, 2.75) is 19.4 Å². The van der Waals surface area contributed by atoms with Gasteiger partial charge in [-0.1, -0.05) is 48.5 Å². The number of hydrogen-bond donors (Lipinski definition) is 0. The van der Waals surface area contributed by atoms with Crippen LogP contribution in [0.1, 0.15) is 17.5 Å². The number of hydrogen-bond acceptors (Lipinski definition) is 3. The maximum Gasteiger partial charge on any atom is 0.231 e. The Bertz CT molecular complexity index is 738. The Labute approximate surface area is 156 Å². The second-order valence-corrected chi connectivity index (χ2v) is 7.31. The van der Waals surface area contributed by atoms with Gasteiger partial charge in [-0.25, -0.2) is 0 Å². The summed E-state index contributed by atoms with van der Waals surface area (Å²) in [5, 5.41) is 0. The molecule has 2 aliphatic heterocycles. The molecule has 26 heavy (non-hydrogen) atoms. The third-order valence-electron chi connectivity index (χ3n) is 5.50. The van der Waals surface area contributed by atoms with Crippen LogP contribution in [0, 0.1) is 0 Å². The number of anilines is 1. The van der Waals surface area contributed by atoms with E-state index in [2.05, 4.69) is 52.3 Å². The van der Waals surface area contributed by atoms with Crippen LogP contribution in [-0.4, -0.2) is 55.0 Å². The van der Waals surface area contributed by atoms with Crippen LogP contribution in [-0.2, 0) is 17.8 Å². The molecule has 0 radical (unpaired) electrons. The van der Waals surface area contributed by atoms with E-state index in [1.54, 1.807) is 0 Å². The molecule has 4 rings (SSSR count). The Morgan fingerprint density at radius 1 is 0.769 bits per heavy atom. The lowest BCUT2D eigenvalue weighted by atomic mass is 10.2. The normalized spacial score (nSPS) is 18.3. The van der Waals surface area contributed by atoms with Crippen molar-refractivity contribution in [2.24, 2.45) is 0 Å². The third-order valence-corrected chi connectivity index (χ3v) is 5.50. The number of benzene rings is 2. The Morgan fingerprint density at radius 2 is 1.46 bits per heavy atom. The maximum absolute atomic E-state index is 12.2. The molecule has 0 unspecified atom stereocenters. The van der Waals surface area contributed by atoms with Crippen LogP contribution in [0.2, 0.25) is 0 Å². The summed E-state index contributed by atoms with van der Waals surface area (Å²) in [6.45, 7) is 7.45. The topological polar surface area (TPSA) is 26.8 Å². The highest BCUT2D eigenvalue weighted by Crippen LogP contribution is 2.28. The Hall–Kier alpha value is -2.17. The first kappa shape index (κ1) is 17.3. The first-order chi connectivity index (χ1) is 12.8. The van der Waals surface area contributed by atoms with Gasteiger partial charge < -0.3 is 9.80 Å². The van der Waals surface area contributed by atoms with Gasteiger partial charge in [-0.2, -0.15) is 0 Å². The van der Waals surface area contributed by atoms with Crippen molar-refractivity contribution in [3.63, 3.8) is 0 Å². The minimum atomic E-state index is 0.249. The monoisotopic (exact) mass is 349 g/mol. The van der Waals surface area contributed by atoms with Gasteiger partial charge in [-0.15, -0.1) is 0 Å². The smallest absolute Gasteiger partial charge is 0.231 e. The van der Waals surface area contributed by atoms with Crippen molar-refractivity contribution in [3.8, 4) is 0 Å². The zero-order valence-electron chi connectivity index (χ0n) is 15.3. The first-order valence-electron chi connectivity index (χ1n) is 9.66. The van der Waals surface area contributed by atoms with E-state index in [1.807, 2.05) is 17.0 Å². The summed E-state index contributed by atoms with van der Waals surface area (Å²) >= 11 is 0. The molecule has 2 aromatic rings. The third kappa shape index (κ3) is 3.97. The van der Waals surface area contributed by atoms with Crippen LogP contribution >= 0.6 is 0 Å². The number of amides is 1. The number of piperazine rings is 1. The molecule has 0 spiro atoms. The molecule has 4 heteroatoms. The largest absolute Gasteiger partial charge is 0.312 e. The van der Waals surface area contributed by atoms with Crippen molar-refractivity contribution < 1.29 is 4.79 Å². The van der Waals surface area contributed by atoms with Gasteiger partial charge in [0.15, 0.2) is 0 Å². The fraction of sp³-hybridized carbons (Fsp3) is 0.409. The number of carbonyl (C=O) groups is 1. The molecule has 0 aromatic heterocycles. The lowest BCUT2D eigenvalue weighted by Gasteiger charge is -2.35. The number of rotatable bonds is 6. The summed E-state index contributed by atoms with van der Waals surface area (Å²) < 4.78 is 0. The molecular weight excluding hydrogens is 322 g/mol. The SMILES string of the molecule is O=C1Cc2ccccc2N1CCCN1CCN(Cc2ccccc2)CC1. The molecule has 0 atom stereocenters. The van der Waals surface area contributed by atoms with Gasteiger partial charge in [0.25, 0.3) is 0 Å². The van der Waals surface area contributed by atoms with Crippen LogP contribution in [0.15, 0.2) is 54.6 Å². The lowest BCUT2D eigenvalue weighted by molar-refractivity contribution is -0.117. The van der Waals surface area contributed by atoms with Crippen LogP contribution in [0.25, 0.3) is 0 Å². The average Bonchev–Trinajstić information content (AvgIpc) is 2.99. The molecule has 2 heterocycles. The molecule has 4 nitrogen and oxygen atoms in total. The standard InChI is InChI=1S/C22H27N3O/c26-22-17-20-9-4-5-10-21(20)25(22)12-6-11-23-13-15-24(16-14-23)18-19-7-2-1-3-8-19/h1-5,7-10H,6,11-18H2. The van der Waals surface area contributed by atoms with Crippen molar-refractivity contribution in [1.29, 1.82) is 0 Å². The molecule has 0 aliphatic carbocycles. The molecule has 0 N–H and O–H groups in total. The first-order valence-corrected chi connectivity index (χ1v) is 9.66. The Morgan fingerprint density at radius 3 is 2.27 bits per heavy atom. The predicted octanol–water partition coefficient (Wildman–Crippen LogP) is 2.78. The van der Waals surface area contributed by atoms with Gasteiger partial charge in [0.05, 0.1) is 6.42 Å². The second kappa shape index (κ2) is 8.02. The number of fused-ring (bicyclic) bond motifs is 1. The van der Waals surface area contributed by atoms with Gasteiger partial charge in [-0.05, 0) is 30.2 Å². The van der Waals surface area contributed by atoms with E-state index in [0.29, 0.717) is 6.42 Å². The minimum absolute atomic E-state index is 0.249. The van der Waals surface area contributed by atoms with Gasteiger partial charge in [0, 0.05) is 45.0 Å². The van der Waals surface area contributed by atoms with Crippen molar-refractivity contribution in [3.05, 3.63) is 65.7 Å². The average molecular weight is 349 g/mol. The summed E-state index contributed by atoms with van der Waals surface area (Å²) in [7, 11) is 0. The number of carbonyl (C=O) groups excluding carboxylic acids is 1. The van der Waals surface area contributed by atoms with E-state index >= 15 is 0 Å². The van der Waals surface area contributed by atoms with Crippen LogP contribution in [0.4, 0.5) is 5.69 Å². The van der Waals surface area contributed by atoms with Crippen molar-refractivity contribution in [2.75, 3.05) is 44.2 Å². The fourth-order valence-electron chi connectivity index (χ4n) is 4.03. The summed E-state index contributed by atoms with van der Waals surface area (Å²) in [4.78, 5) is 19.3. The summed E-state index contributed by atoms with van der Waals surface area (Å²) in [5.74, 6) is 0.249. The van der Waals surface area contributed by atoms with E-state index < -0.39 is 0 Å². The highest BCUT2D eigenvalue weighted by molar-refractivity contribution is 6.01. The van der Waals surface area contributed by atoms with E-state index in [1.165, 1.54) is 11.1 Å². The highest BCUT2D eigenvalue weighted by atomic mass is 16.2. The lowest BCUT2D eigenvalue weighted by Crippen LogP contribution is -2.46.